The van der Waals surface area contributed by atoms with E-state index in [0.29, 0.717) is 34.9 Å². The van der Waals surface area contributed by atoms with Gasteiger partial charge in [-0.2, -0.15) is 0 Å². The first-order chi connectivity index (χ1) is 21.7. The maximum atomic E-state index is 15.6. The van der Waals surface area contributed by atoms with Gasteiger partial charge in [0.2, 0.25) is 17.7 Å². The Labute approximate surface area is 258 Å². The molecule has 1 aliphatic carbocycles. The average Bonchev–Trinajstić information content (AvgIpc) is 3.85. The van der Waals surface area contributed by atoms with Crippen molar-refractivity contribution >= 4 is 34.1 Å². The number of primary amides is 1. The average molecular weight is 618 g/mol. The molecule has 3 aromatic carbocycles. The minimum Gasteiger partial charge on any atom is -0.493 e. The molecule has 1 saturated heterocycles. The lowest BCUT2D eigenvalue weighted by molar-refractivity contribution is -0.133. The van der Waals surface area contributed by atoms with E-state index in [0.717, 1.165) is 32.0 Å². The van der Waals surface area contributed by atoms with Crippen molar-refractivity contribution in [3.63, 3.8) is 0 Å². The van der Waals surface area contributed by atoms with E-state index in [1.54, 1.807) is 12.1 Å². The summed E-state index contributed by atoms with van der Waals surface area (Å²) in [6, 6.07) is 12.5. The van der Waals surface area contributed by atoms with Crippen molar-refractivity contribution in [2.24, 2.45) is 17.1 Å². The summed E-state index contributed by atoms with van der Waals surface area (Å²) < 4.78 is 46.9. The van der Waals surface area contributed by atoms with Gasteiger partial charge in [-0.25, -0.2) is 18.7 Å². The van der Waals surface area contributed by atoms with Crippen molar-refractivity contribution in [1.82, 2.24) is 14.9 Å². The van der Waals surface area contributed by atoms with Crippen LogP contribution in [0.2, 0.25) is 0 Å². The molecule has 45 heavy (non-hydrogen) atoms. The van der Waals surface area contributed by atoms with Crippen molar-refractivity contribution < 1.29 is 32.6 Å². The van der Waals surface area contributed by atoms with Crippen LogP contribution in [0.25, 0.3) is 10.9 Å². The van der Waals surface area contributed by atoms with E-state index in [-0.39, 0.29) is 35.8 Å². The van der Waals surface area contributed by atoms with Crippen molar-refractivity contribution in [3.05, 3.63) is 72.6 Å². The number of carbonyl (C=O) groups is 2. The summed E-state index contributed by atoms with van der Waals surface area (Å²) in [6.45, 7) is 2.62. The molecule has 4 aromatic rings. The molecule has 2 amide bonds. The first-order valence-electron chi connectivity index (χ1n) is 14.7. The summed E-state index contributed by atoms with van der Waals surface area (Å²) in [4.78, 5) is 37.8. The first kappa shape index (κ1) is 30.2. The Balaban J connectivity index is 1.27. The van der Waals surface area contributed by atoms with Gasteiger partial charge in [-0.05, 0) is 94.2 Å². The van der Waals surface area contributed by atoms with Crippen molar-refractivity contribution in [2.45, 2.75) is 25.7 Å². The van der Waals surface area contributed by atoms with Gasteiger partial charge in [0.1, 0.15) is 17.6 Å². The normalized spacial score (nSPS) is 16.3. The number of hydrogen-bond donors (Lipinski definition) is 1. The van der Waals surface area contributed by atoms with Crippen LogP contribution in [0.15, 0.2) is 60.9 Å². The van der Waals surface area contributed by atoms with Crippen molar-refractivity contribution in [3.8, 4) is 23.1 Å². The molecular formula is C33H33F2N5O5. The van der Waals surface area contributed by atoms with Gasteiger partial charge in [0.25, 0.3) is 0 Å². The number of amides is 2. The topological polar surface area (TPSA) is 120 Å². The van der Waals surface area contributed by atoms with Crippen LogP contribution < -0.4 is 24.8 Å². The standard InChI is InChI=1S/C33H33F2N5O5/c1-39-13-9-20(10-14-39)18-44-29-17-26-24(16-28(29)43-2)30(38-19-37-26)45-27-8-7-23(15-25(27)35)40(22-5-3-21(34)4-6-22)32(42)33(11-12-33)31(36)41/h3-8,15-17,19-20H,9-14,18H2,1-2H3,(H2,36,41). The number of fused-ring (bicyclic) bond motifs is 1. The zero-order valence-electron chi connectivity index (χ0n) is 25.0. The molecule has 12 heteroatoms. The Kier molecular flexibility index (Phi) is 8.24. The van der Waals surface area contributed by atoms with Gasteiger partial charge in [-0.15, -0.1) is 0 Å². The molecular weight excluding hydrogens is 584 g/mol. The number of piperidine rings is 1. The predicted molar refractivity (Wildman–Crippen MR) is 163 cm³/mol. The number of halogens is 2. The van der Waals surface area contributed by atoms with Crippen LogP contribution in [0.3, 0.4) is 0 Å². The number of hydrogen-bond acceptors (Lipinski definition) is 8. The van der Waals surface area contributed by atoms with E-state index in [1.807, 2.05) is 0 Å². The van der Waals surface area contributed by atoms with Gasteiger partial charge in [0.05, 0.1) is 30.3 Å². The summed E-state index contributed by atoms with van der Waals surface area (Å²) in [5, 5.41) is 0.477. The smallest absolute Gasteiger partial charge is 0.247 e. The highest BCUT2D eigenvalue weighted by atomic mass is 19.1. The highest BCUT2D eigenvalue weighted by Gasteiger charge is 2.57. The van der Waals surface area contributed by atoms with E-state index in [4.69, 9.17) is 19.9 Å². The summed E-state index contributed by atoms with van der Waals surface area (Å²) in [5.74, 6) is -1.32. The molecule has 1 aliphatic heterocycles. The molecule has 2 aliphatic rings. The molecule has 6 rings (SSSR count). The van der Waals surface area contributed by atoms with Crippen LogP contribution in [-0.4, -0.2) is 60.5 Å². The van der Waals surface area contributed by atoms with E-state index in [2.05, 4.69) is 21.9 Å². The van der Waals surface area contributed by atoms with E-state index in [1.165, 1.54) is 54.7 Å². The monoisotopic (exact) mass is 617 g/mol. The molecule has 0 radical (unpaired) electrons. The van der Waals surface area contributed by atoms with Gasteiger partial charge in [-0.1, -0.05) is 0 Å². The number of nitrogens with zero attached hydrogens (tertiary/aromatic N) is 4. The molecule has 0 spiro atoms. The van der Waals surface area contributed by atoms with Crippen LogP contribution in [-0.2, 0) is 9.59 Å². The second kappa shape index (κ2) is 12.3. The molecule has 0 bridgehead atoms. The lowest BCUT2D eigenvalue weighted by atomic mass is 9.98. The number of nitrogens with two attached hydrogens (primary N) is 1. The highest BCUT2D eigenvalue weighted by molar-refractivity contribution is 6.16. The van der Waals surface area contributed by atoms with Crippen molar-refractivity contribution in [2.75, 3.05) is 38.8 Å². The number of methoxy groups -OCH3 is 1. The summed E-state index contributed by atoms with van der Waals surface area (Å²) >= 11 is 0. The molecule has 2 heterocycles. The maximum absolute atomic E-state index is 15.6. The number of rotatable bonds is 10. The molecule has 1 saturated carbocycles. The van der Waals surface area contributed by atoms with Gasteiger partial charge in [-0.3, -0.25) is 14.5 Å². The van der Waals surface area contributed by atoms with Crippen molar-refractivity contribution in [1.29, 1.82) is 0 Å². The largest absolute Gasteiger partial charge is 0.493 e. The number of anilines is 2. The molecule has 10 nitrogen and oxygen atoms in total. The van der Waals surface area contributed by atoms with Crippen LogP contribution in [0.4, 0.5) is 20.2 Å². The van der Waals surface area contributed by atoms with Crippen LogP contribution in [0, 0.1) is 23.0 Å². The fraction of sp³-hybridized carbons (Fsp3) is 0.333. The SMILES string of the molecule is COc1cc2c(Oc3ccc(N(C(=O)C4(C(N)=O)CC4)c4ccc(F)cc4)cc3F)ncnc2cc1OCC1CCN(C)CC1. The first-order valence-corrected chi connectivity index (χ1v) is 14.7. The van der Waals surface area contributed by atoms with Crippen LogP contribution in [0.1, 0.15) is 25.7 Å². The summed E-state index contributed by atoms with van der Waals surface area (Å²) in [5.41, 5.74) is 5.05. The second-order valence-corrected chi connectivity index (χ2v) is 11.5. The van der Waals surface area contributed by atoms with Crippen LogP contribution >= 0.6 is 0 Å². The summed E-state index contributed by atoms with van der Waals surface area (Å²) in [6.07, 6.45) is 3.97. The second-order valence-electron chi connectivity index (χ2n) is 11.5. The van der Waals surface area contributed by atoms with E-state index in [9.17, 15) is 14.0 Å². The Morgan fingerprint density at radius 2 is 1.69 bits per heavy atom. The van der Waals surface area contributed by atoms with Gasteiger partial charge >= 0.3 is 0 Å². The minimum atomic E-state index is -1.39. The third kappa shape index (κ3) is 6.10. The molecule has 0 atom stereocenters. The fourth-order valence-corrected chi connectivity index (χ4v) is 5.52. The minimum absolute atomic E-state index is 0.0870. The lowest BCUT2D eigenvalue weighted by Gasteiger charge is -2.28. The summed E-state index contributed by atoms with van der Waals surface area (Å²) in [7, 11) is 3.65. The molecule has 234 valence electrons. The Morgan fingerprint density at radius 1 is 0.978 bits per heavy atom. The Bertz CT molecular complexity index is 1740. The molecule has 2 fully saturated rings. The molecule has 2 N–H and O–H groups in total. The highest BCUT2D eigenvalue weighted by Crippen LogP contribution is 2.49. The van der Waals surface area contributed by atoms with E-state index < -0.39 is 28.9 Å². The number of benzene rings is 3. The quantitative estimate of drug-likeness (QED) is 0.236. The van der Waals surface area contributed by atoms with E-state index >= 15 is 4.39 Å². The predicted octanol–water partition coefficient (Wildman–Crippen LogP) is 5.36. The molecule has 1 aromatic heterocycles. The van der Waals surface area contributed by atoms with Crippen LogP contribution in [0.5, 0.6) is 23.1 Å². The van der Waals surface area contributed by atoms with Gasteiger partial charge < -0.3 is 24.8 Å². The number of aromatic nitrogens is 2. The zero-order valence-corrected chi connectivity index (χ0v) is 25.0. The third-order valence-corrected chi connectivity index (χ3v) is 8.50. The fourth-order valence-electron chi connectivity index (χ4n) is 5.52. The Morgan fingerprint density at radius 3 is 2.33 bits per heavy atom. The number of carbonyl (C=O) groups excluding carboxylic acids is 2. The maximum Gasteiger partial charge on any atom is 0.247 e. The Hall–Kier alpha value is -4.84. The van der Waals surface area contributed by atoms with Gasteiger partial charge in [0.15, 0.2) is 23.1 Å². The van der Waals surface area contributed by atoms with Gasteiger partial charge in [0, 0.05) is 17.8 Å². The zero-order chi connectivity index (χ0) is 31.7. The number of likely N-dealkylation sites (tertiary alicyclic amines) is 1. The third-order valence-electron chi connectivity index (χ3n) is 8.50. The molecule has 0 unspecified atom stereocenters. The number of ether oxygens (including phenoxy) is 3. The lowest BCUT2D eigenvalue weighted by Crippen LogP contribution is -2.41.